The van der Waals surface area contributed by atoms with Crippen molar-refractivity contribution in [1.29, 1.82) is 0 Å². The molecule has 0 aromatic heterocycles. The Kier molecular flexibility index (Phi) is 8.14. The Bertz CT molecular complexity index is 128. The predicted molar refractivity (Wildman–Crippen MR) is 59.3 cm³/mol. The van der Waals surface area contributed by atoms with Gasteiger partial charge >= 0.3 is 0 Å². The summed E-state index contributed by atoms with van der Waals surface area (Å²) in [5, 5.41) is 18.1. The number of unbranched alkanes of at least 4 members (excludes halogenated alkanes) is 2. The normalized spacial score (nSPS) is 13.9. The SMILES string of the molecule is CCCCCN(CC(O)CO)C(C)C. The van der Waals surface area contributed by atoms with Crippen molar-refractivity contribution in [2.75, 3.05) is 19.7 Å². The molecule has 0 heterocycles. The minimum absolute atomic E-state index is 0.142. The highest BCUT2D eigenvalue weighted by atomic mass is 16.3. The second kappa shape index (κ2) is 8.21. The summed E-state index contributed by atoms with van der Waals surface area (Å²) in [6, 6.07) is 0.438. The molecular formula is C11H25NO2. The van der Waals surface area contributed by atoms with E-state index in [0.717, 1.165) is 6.54 Å². The lowest BCUT2D eigenvalue weighted by atomic mass is 10.2. The minimum atomic E-state index is -0.598. The summed E-state index contributed by atoms with van der Waals surface area (Å²) in [5.41, 5.74) is 0. The molecule has 1 unspecified atom stereocenters. The molecule has 0 aromatic carbocycles. The van der Waals surface area contributed by atoms with E-state index < -0.39 is 6.10 Å². The van der Waals surface area contributed by atoms with Gasteiger partial charge in [0.25, 0.3) is 0 Å². The lowest BCUT2D eigenvalue weighted by Crippen LogP contribution is -2.39. The van der Waals surface area contributed by atoms with Gasteiger partial charge in [-0.25, -0.2) is 0 Å². The Morgan fingerprint density at radius 3 is 2.29 bits per heavy atom. The monoisotopic (exact) mass is 203 g/mol. The van der Waals surface area contributed by atoms with Crippen LogP contribution in [0.3, 0.4) is 0 Å². The van der Waals surface area contributed by atoms with E-state index in [2.05, 4.69) is 25.7 Å². The highest BCUT2D eigenvalue weighted by Gasteiger charge is 2.13. The summed E-state index contributed by atoms with van der Waals surface area (Å²) < 4.78 is 0. The summed E-state index contributed by atoms with van der Waals surface area (Å²) in [5.74, 6) is 0. The third-order valence-corrected chi connectivity index (χ3v) is 2.44. The van der Waals surface area contributed by atoms with Crippen molar-refractivity contribution >= 4 is 0 Å². The quantitative estimate of drug-likeness (QED) is 0.583. The van der Waals surface area contributed by atoms with E-state index in [0.29, 0.717) is 12.6 Å². The first kappa shape index (κ1) is 13.9. The van der Waals surface area contributed by atoms with Crippen LogP contribution in [0.25, 0.3) is 0 Å². The van der Waals surface area contributed by atoms with Gasteiger partial charge in [-0.05, 0) is 26.8 Å². The van der Waals surface area contributed by atoms with Crippen molar-refractivity contribution in [3.63, 3.8) is 0 Å². The fourth-order valence-corrected chi connectivity index (χ4v) is 1.45. The Hall–Kier alpha value is -0.120. The predicted octanol–water partition coefficient (Wildman–Crippen LogP) is 1.24. The number of nitrogens with zero attached hydrogens (tertiary/aromatic N) is 1. The maximum atomic E-state index is 9.34. The lowest BCUT2D eigenvalue weighted by molar-refractivity contribution is 0.0488. The van der Waals surface area contributed by atoms with Gasteiger partial charge in [0.1, 0.15) is 0 Å². The van der Waals surface area contributed by atoms with Crippen LogP contribution in [0, 0.1) is 0 Å². The average Bonchev–Trinajstić information content (AvgIpc) is 2.16. The molecule has 0 fully saturated rings. The molecule has 14 heavy (non-hydrogen) atoms. The highest BCUT2D eigenvalue weighted by molar-refractivity contribution is 4.67. The van der Waals surface area contributed by atoms with Crippen LogP contribution < -0.4 is 0 Å². The van der Waals surface area contributed by atoms with Crippen LogP contribution >= 0.6 is 0 Å². The molecule has 0 saturated heterocycles. The maximum absolute atomic E-state index is 9.34. The smallest absolute Gasteiger partial charge is 0.0897 e. The number of hydrogen-bond acceptors (Lipinski definition) is 3. The van der Waals surface area contributed by atoms with E-state index >= 15 is 0 Å². The molecule has 86 valence electrons. The van der Waals surface area contributed by atoms with E-state index in [-0.39, 0.29) is 6.61 Å². The molecule has 0 bridgehead atoms. The van der Waals surface area contributed by atoms with Gasteiger partial charge in [0.05, 0.1) is 12.7 Å². The minimum Gasteiger partial charge on any atom is -0.394 e. The Morgan fingerprint density at radius 2 is 1.86 bits per heavy atom. The zero-order chi connectivity index (χ0) is 11.0. The highest BCUT2D eigenvalue weighted by Crippen LogP contribution is 2.04. The van der Waals surface area contributed by atoms with Gasteiger partial charge in [0.15, 0.2) is 0 Å². The molecule has 0 radical (unpaired) electrons. The Morgan fingerprint density at radius 1 is 1.21 bits per heavy atom. The fraction of sp³-hybridized carbons (Fsp3) is 1.00. The molecule has 3 nitrogen and oxygen atoms in total. The topological polar surface area (TPSA) is 43.7 Å². The third-order valence-electron chi connectivity index (χ3n) is 2.44. The largest absolute Gasteiger partial charge is 0.394 e. The second-order valence-corrected chi connectivity index (χ2v) is 4.13. The van der Waals surface area contributed by atoms with Gasteiger partial charge in [-0.2, -0.15) is 0 Å². The molecule has 0 aliphatic carbocycles. The number of aliphatic hydroxyl groups excluding tert-OH is 2. The molecule has 0 amide bonds. The molecule has 0 spiro atoms. The Labute approximate surface area is 87.7 Å². The zero-order valence-corrected chi connectivity index (χ0v) is 9.74. The molecule has 0 aromatic rings. The van der Waals surface area contributed by atoms with Crippen LogP contribution in [0.5, 0.6) is 0 Å². The third kappa shape index (κ3) is 6.35. The number of hydrogen-bond donors (Lipinski definition) is 2. The van der Waals surface area contributed by atoms with E-state index in [1.807, 2.05) is 0 Å². The lowest BCUT2D eigenvalue weighted by Gasteiger charge is -2.28. The van der Waals surface area contributed by atoms with Crippen LogP contribution in [-0.2, 0) is 0 Å². The van der Waals surface area contributed by atoms with Crippen molar-refractivity contribution in [1.82, 2.24) is 4.90 Å². The molecule has 2 N–H and O–H groups in total. The molecular weight excluding hydrogens is 178 g/mol. The van der Waals surface area contributed by atoms with Gasteiger partial charge in [-0.1, -0.05) is 19.8 Å². The van der Waals surface area contributed by atoms with Gasteiger partial charge in [0, 0.05) is 12.6 Å². The van der Waals surface area contributed by atoms with E-state index in [1.54, 1.807) is 0 Å². The first-order valence-electron chi connectivity index (χ1n) is 5.64. The summed E-state index contributed by atoms with van der Waals surface area (Å²) in [4.78, 5) is 2.22. The standard InChI is InChI=1S/C11H25NO2/c1-4-5-6-7-12(10(2)3)8-11(14)9-13/h10-11,13-14H,4-9H2,1-3H3. The van der Waals surface area contributed by atoms with Crippen molar-refractivity contribution in [2.45, 2.75) is 52.2 Å². The average molecular weight is 203 g/mol. The summed E-state index contributed by atoms with van der Waals surface area (Å²) >= 11 is 0. The van der Waals surface area contributed by atoms with Crippen molar-refractivity contribution in [3.8, 4) is 0 Å². The van der Waals surface area contributed by atoms with Crippen molar-refractivity contribution in [3.05, 3.63) is 0 Å². The Balaban J connectivity index is 3.77. The summed E-state index contributed by atoms with van der Waals surface area (Å²) in [6.07, 6.45) is 3.03. The molecule has 1 atom stereocenters. The fourth-order valence-electron chi connectivity index (χ4n) is 1.45. The molecule has 0 aliphatic heterocycles. The number of rotatable bonds is 8. The van der Waals surface area contributed by atoms with E-state index in [9.17, 15) is 5.11 Å². The van der Waals surface area contributed by atoms with Gasteiger partial charge in [-0.15, -0.1) is 0 Å². The first-order chi connectivity index (χ1) is 6.61. The van der Waals surface area contributed by atoms with Crippen LogP contribution in [0.2, 0.25) is 0 Å². The van der Waals surface area contributed by atoms with E-state index in [4.69, 9.17) is 5.11 Å². The van der Waals surface area contributed by atoms with Gasteiger partial charge < -0.3 is 10.2 Å². The van der Waals surface area contributed by atoms with Gasteiger partial charge in [-0.3, -0.25) is 4.90 Å². The summed E-state index contributed by atoms with van der Waals surface area (Å²) in [7, 11) is 0. The van der Waals surface area contributed by atoms with Crippen molar-refractivity contribution in [2.24, 2.45) is 0 Å². The number of aliphatic hydroxyl groups is 2. The maximum Gasteiger partial charge on any atom is 0.0897 e. The van der Waals surface area contributed by atoms with Crippen LogP contribution in [-0.4, -0.2) is 47.0 Å². The molecule has 3 heteroatoms. The van der Waals surface area contributed by atoms with E-state index in [1.165, 1.54) is 19.3 Å². The van der Waals surface area contributed by atoms with Gasteiger partial charge in [0.2, 0.25) is 0 Å². The second-order valence-electron chi connectivity index (χ2n) is 4.13. The summed E-state index contributed by atoms with van der Waals surface area (Å²) in [6.45, 7) is 7.88. The van der Waals surface area contributed by atoms with Crippen LogP contribution in [0.15, 0.2) is 0 Å². The molecule has 0 saturated carbocycles. The van der Waals surface area contributed by atoms with Crippen molar-refractivity contribution < 1.29 is 10.2 Å². The first-order valence-corrected chi connectivity index (χ1v) is 5.64. The van der Waals surface area contributed by atoms with Crippen LogP contribution in [0.1, 0.15) is 40.0 Å². The molecule has 0 rings (SSSR count). The molecule has 0 aliphatic rings. The van der Waals surface area contributed by atoms with Crippen LogP contribution in [0.4, 0.5) is 0 Å². The zero-order valence-electron chi connectivity index (χ0n) is 9.74.